The van der Waals surface area contributed by atoms with Gasteiger partial charge in [0.25, 0.3) is 0 Å². The van der Waals surface area contributed by atoms with Crippen LogP contribution in [0.3, 0.4) is 0 Å². The Kier molecular flexibility index (Phi) is 2.67. The van der Waals surface area contributed by atoms with Gasteiger partial charge in [0.1, 0.15) is 5.60 Å². The Balaban J connectivity index is 1.80. The summed E-state index contributed by atoms with van der Waals surface area (Å²) in [5.41, 5.74) is -0.775. The van der Waals surface area contributed by atoms with Crippen molar-refractivity contribution in [3.8, 4) is 0 Å². The Hall–Kier alpha value is -0.810. The van der Waals surface area contributed by atoms with Gasteiger partial charge < -0.3 is 19.9 Å². The number of carbonyl (C=O) groups is 1. The minimum absolute atomic E-state index is 0.135. The molecule has 5 heteroatoms. The number of carbonyl (C=O) groups excluding carboxylic acids is 1. The molecule has 0 radical (unpaired) electrons. The summed E-state index contributed by atoms with van der Waals surface area (Å²) < 4.78 is 10.1. The van der Waals surface area contributed by atoms with E-state index < -0.39 is 11.9 Å². The molecule has 3 fully saturated rings. The van der Waals surface area contributed by atoms with E-state index in [4.69, 9.17) is 9.47 Å². The molecule has 0 heterocycles. The normalized spacial score (nSPS) is 36.5. The van der Waals surface area contributed by atoms with Crippen molar-refractivity contribution in [3.63, 3.8) is 0 Å². The highest BCUT2D eigenvalue weighted by atomic mass is 16.6. The Morgan fingerprint density at radius 2 is 1.88 bits per heavy atom. The van der Waals surface area contributed by atoms with E-state index in [1.807, 2.05) is 20.8 Å². The number of aliphatic hydroxyl groups excluding tert-OH is 1. The predicted molar refractivity (Wildman–Crippen MR) is 61.4 cm³/mol. The number of amides is 1. The third-order valence-corrected chi connectivity index (χ3v) is 3.58. The van der Waals surface area contributed by atoms with E-state index in [1.54, 1.807) is 0 Å². The first-order valence-corrected chi connectivity index (χ1v) is 5.92. The van der Waals surface area contributed by atoms with Gasteiger partial charge in [-0.25, -0.2) is 4.79 Å². The van der Waals surface area contributed by atoms with Gasteiger partial charge in [0.15, 0.2) is 6.29 Å². The molecular formula is C12H21NO4. The number of ether oxygens (including phenoxy) is 2. The molecule has 0 saturated heterocycles. The van der Waals surface area contributed by atoms with Crippen LogP contribution in [0.15, 0.2) is 0 Å². The zero-order chi connectivity index (χ0) is 12.9. The quantitative estimate of drug-likeness (QED) is 0.735. The maximum atomic E-state index is 11.6. The first-order valence-electron chi connectivity index (χ1n) is 5.92. The highest BCUT2D eigenvalue weighted by Crippen LogP contribution is 2.68. The van der Waals surface area contributed by atoms with Gasteiger partial charge >= 0.3 is 6.09 Å². The Bertz CT molecular complexity index is 314. The molecule has 3 aliphatic rings. The van der Waals surface area contributed by atoms with E-state index in [-0.39, 0.29) is 17.0 Å². The summed E-state index contributed by atoms with van der Waals surface area (Å²) >= 11 is 0. The molecule has 0 aromatic heterocycles. The Morgan fingerprint density at radius 3 is 2.29 bits per heavy atom. The van der Waals surface area contributed by atoms with Gasteiger partial charge in [-0.3, -0.25) is 0 Å². The lowest BCUT2D eigenvalue weighted by molar-refractivity contribution is -0.285. The lowest BCUT2D eigenvalue weighted by atomic mass is 9.39. The third-order valence-electron chi connectivity index (χ3n) is 3.58. The topological polar surface area (TPSA) is 67.8 Å². The molecule has 3 saturated carbocycles. The molecule has 0 spiro atoms. The highest BCUT2D eigenvalue weighted by Gasteiger charge is 2.72. The van der Waals surface area contributed by atoms with E-state index >= 15 is 0 Å². The average molecular weight is 243 g/mol. The fourth-order valence-corrected chi connectivity index (χ4v) is 3.03. The van der Waals surface area contributed by atoms with E-state index in [9.17, 15) is 9.90 Å². The molecule has 17 heavy (non-hydrogen) atoms. The molecule has 1 amide bonds. The van der Waals surface area contributed by atoms with Crippen LogP contribution in [0.2, 0.25) is 0 Å². The molecule has 1 unspecified atom stereocenters. The summed E-state index contributed by atoms with van der Waals surface area (Å²) in [6.45, 7) is 5.51. The number of alkyl carbamates (subject to hydrolysis) is 1. The van der Waals surface area contributed by atoms with Gasteiger partial charge in [-0.05, 0) is 40.0 Å². The SMILES string of the molecule is COC(O)C12CC(NC(=O)OC(C)(C)C)(C1)C2. The van der Waals surface area contributed by atoms with E-state index in [1.165, 1.54) is 7.11 Å². The molecule has 5 nitrogen and oxygen atoms in total. The smallest absolute Gasteiger partial charge is 0.408 e. The van der Waals surface area contributed by atoms with Crippen molar-refractivity contribution >= 4 is 6.09 Å². The zero-order valence-corrected chi connectivity index (χ0v) is 10.9. The first kappa shape index (κ1) is 12.6. The fraction of sp³-hybridized carbons (Fsp3) is 0.917. The van der Waals surface area contributed by atoms with Gasteiger partial charge in [0.2, 0.25) is 0 Å². The van der Waals surface area contributed by atoms with Gasteiger partial charge in [0.05, 0.1) is 0 Å². The monoisotopic (exact) mass is 243 g/mol. The molecule has 0 aromatic carbocycles. The van der Waals surface area contributed by atoms with Crippen LogP contribution < -0.4 is 5.32 Å². The van der Waals surface area contributed by atoms with Crippen LogP contribution in [0.4, 0.5) is 4.79 Å². The molecule has 98 valence electrons. The molecule has 0 aliphatic heterocycles. The van der Waals surface area contributed by atoms with Gasteiger partial charge in [0, 0.05) is 18.1 Å². The third kappa shape index (κ3) is 2.13. The maximum absolute atomic E-state index is 11.6. The summed E-state index contributed by atoms with van der Waals surface area (Å²) in [5.74, 6) is 0. The van der Waals surface area contributed by atoms with Gasteiger partial charge in [-0.1, -0.05) is 0 Å². The van der Waals surface area contributed by atoms with Crippen molar-refractivity contribution in [2.24, 2.45) is 5.41 Å². The molecule has 3 aliphatic carbocycles. The molecule has 3 rings (SSSR count). The molecule has 1 atom stereocenters. The largest absolute Gasteiger partial charge is 0.444 e. The van der Waals surface area contributed by atoms with Crippen LogP contribution in [0, 0.1) is 5.41 Å². The second-order valence-electron chi connectivity index (χ2n) is 6.39. The van der Waals surface area contributed by atoms with Crippen LogP contribution in [0.25, 0.3) is 0 Å². The number of rotatable bonds is 3. The number of hydrogen-bond donors (Lipinski definition) is 2. The number of methoxy groups -OCH3 is 1. The molecular weight excluding hydrogens is 222 g/mol. The van der Waals surface area contributed by atoms with Crippen molar-refractivity contribution in [3.05, 3.63) is 0 Å². The van der Waals surface area contributed by atoms with E-state index in [0.717, 1.165) is 19.3 Å². The minimum Gasteiger partial charge on any atom is -0.444 e. The van der Waals surface area contributed by atoms with Crippen molar-refractivity contribution in [2.75, 3.05) is 7.11 Å². The molecule has 2 bridgehead atoms. The summed E-state index contributed by atoms with van der Waals surface area (Å²) in [4.78, 5) is 11.6. The summed E-state index contributed by atoms with van der Waals surface area (Å²) in [6.07, 6.45) is 1.22. The average Bonchev–Trinajstić information content (AvgIpc) is 2.04. The second-order valence-corrected chi connectivity index (χ2v) is 6.39. The van der Waals surface area contributed by atoms with Crippen molar-refractivity contribution in [1.29, 1.82) is 0 Å². The van der Waals surface area contributed by atoms with E-state index in [0.29, 0.717) is 0 Å². The predicted octanol–water partition coefficient (Wildman–Crippen LogP) is 1.40. The van der Waals surface area contributed by atoms with Crippen molar-refractivity contribution in [2.45, 2.75) is 57.5 Å². The van der Waals surface area contributed by atoms with Gasteiger partial charge in [-0.15, -0.1) is 0 Å². The van der Waals surface area contributed by atoms with E-state index in [2.05, 4.69) is 5.32 Å². The van der Waals surface area contributed by atoms with Gasteiger partial charge in [-0.2, -0.15) is 0 Å². The Labute approximate surface area is 101 Å². The number of hydrogen-bond acceptors (Lipinski definition) is 4. The van der Waals surface area contributed by atoms with Crippen LogP contribution >= 0.6 is 0 Å². The lowest BCUT2D eigenvalue weighted by Crippen LogP contribution is -2.78. The summed E-state index contributed by atoms with van der Waals surface area (Å²) in [7, 11) is 1.50. The Morgan fingerprint density at radius 1 is 1.35 bits per heavy atom. The molecule has 2 N–H and O–H groups in total. The maximum Gasteiger partial charge on any atom is 0.408 e. The van der Waals surface area contributed by atoms with Crippen LogP contribution in [-0.4, -0.2) is 35.7 Å². The zero-order valence-electron chi connectivity index (χ0n) is 10.9. The van der Waals surface area contributed by atoms with Crippen LogP contribution in [-0.2, 0) is 9.47 Å². The lowest BCUT2D eigenvalue weighted by Gasteiger charge is -2.71. The summed E-state index contributed by atoms with van der Waals surface area (Å²) in [6, 6.07) is 0. The highest BCUT2D eigenvalue weighted by molar-refractivity contribution is 5.69. The van der Waals surface area contributed by atoms with Crippen LogP contribution in [0.1, 0.15) is 40.0 Å². The standard InChI is InChI=1S/C12H21NO4/c1-10(2,3)17-9(15)13-12-5-11(6-12,7-12)8(14)16-4/h8,14H,5-7H2,1-4H3,(H,13,15). The van der Waals surface area contributed by atoms with Crippen molar-refractivity contribution in [1.82, 2.24) is 5.32 Å². The summed E-state index contributed by atoms with van der Waals surface area (Å²) in [5, 5.41) is 12.5. The number of aliphatic hydroxyl groups is 1. The number of nitrogens with one attached hydrogen (secondary N) is 1. The first-order chi connectivity index (χ1) is 7.70. The minimum atomic E-state index is -0.718. The van der Waals surface area contributed by atoms with Crippen LogP contribution in [0.5, 0.6) is 0 Å². The second kappa shape index (κ2) is 3.59. The molecule has 0 aromatic rings. The van der Waals surface area contributed by atoms with Crippen molar-refractivity contribution < 1.29 is 19.4 Å². The fourth-order valence-electron chi connectivity index (χ4n) is 3.03.